The first-order chi connectivity index (χ1) is 23.9. The molecule has 5 rings (SSSR count). The Morgan fingerprint density at radius 2 is 1.31 bits per heavy atom. The molecule has 2 aromatic heterocycles. The van der Waals surface area contributed by atoms with Crippen molar-refractivity contribution in [3.8, 4) is 40.5 Å². The number of phenols is 2. The fourth-order valence-electron chi connectivity index (χ4n) is 5.05. The van der Waals surface area contributed by atoms with Gasteiger partial charge in [-0.15, -0.1) is 11.5 Å². The number of aryl methyl sites for hydroxylation is 1. The van der Waals surface area contributed by atoms with Crippen LogP contribution < -0.4 is 0 Å². The summed E-state index contributed by atoms with van der Waals surface area (Å²) in [5.74, 6) is 5.70. The lowest BCUT2D eigenvalue weighted by Crippen LogP contribution is -2.21. The zero-order valence-corrected chi connectivity index (χ0v) is 32.5. The number of hydrogen-bond donors (Lipinski definition) is 2. The average Bonchev–Trinajstić information content (AvgIpc) is 3.50. The second-order valence-electron chi connectivity index (χ2n) is 12.4. The van der Waals surface area contributed by atoms with Crippen molar-refractivity contribution in [3.63, 3.8) is 0 Å². The summed E-state index contributed by atoms with van der Waals surface area (Å²) >= 11 is 26.6. The lowest BCUT2D eigenvalue weighted by atomic mass is 10.0. The zero-order valence-electron chi connectivity index (χ0n) is 27.7. The van der Waals surface area contributed by atoms with Gasteiger partial charge in [0.1, 0.15) is 40.6 Å². The van der Waals surface area contributed by atoms with Gasteiger partial charge in [-0.3, -0.25) is 14.2 Å². The van der Waals surface area contributed by atoms with E-state index >= 15 is 0 Å². The van der Waals surface area contributed by atoms with Gasteiger partial charge < -0.3 is 10.2 Å². The Balaban J connectivity index is 1.81. The largest absolute Gasteiger partial charge is 0.507 e. The third-order valence-corrected chi connectivity index (χ3v) is 11.7. The van der Waals surface area contributed by atoms with Crippen LogP contribution in [0.5, 0.6) is 11.5 Å². The maximum absolute atomic E-state index is 14.5. The van der Waals surface area contributed by atoms with Gasteiger partial charge in [0.25, 0.3) is 10.0 Å². The van der Waals surface area contributed by atoms with Crippen LogP contribution in [-0.2, 0) is 10.0 Å². The molecule has 2 heterocycles. The fourth-order valence-corrected chi connectivity index (χ4v) is 8.14. The topological polar surface area (TPSA) is 119 Å². The van der Waals surface area contributed by atoms with Crippen LogP contribution in [-0.4, -0.2) is 46.8 Å². The summed E-state index contributed by atoms with van der Waals surface area (Å²) in [5.41, 5.74) is 2.93. The monoisotopic (exact) mass is 796 g/mol. The van der Waals surface area contributed by atoms with E-state index in [1.54, 1.807) is 32.0 Å². The lowest BCUT2D eigenvalue weighted by Gasteiger charge is -2.16. The predicted octanol–water partition coefficient (Wildman–Crippen LogP) is 8.91. The van der Waals surface area contributed by atoms with E-state index in [2.05, 4.69) is 42.9 Å². The Morgan fingerprint density at radius 1 is 0.765 bits per heavy atom. The summed E-state index contributed by atoms with van der Waals surface area (Å²) < 4.78 is 30.1. The van der Waals surface area contributed by atoms with Crippen LogP contribution in [0.25, 0.3) is 5.69 Å². The molecule has 51 heavy (non-hydrogen) atoms. The highest BCUT2D eigenvalue weighted by atomic mass is 35.5. The van der Waals surface area contributed by atoms with Gasteiger partial charge in [-0.2, -0.15) is 0 Å². The molecule has 8 nitrogen and oxygen atoms in total. The van der Waals surface area contributed by atoms with Crippen molar-refractivity contribution in [3.05, 3.63) is 126 Å². The highest BCUT2D eigenvalue weighted by Crippen LogP contribution is 2.44. The maximum Gasteiger partial charge on any atom is 0.269 e. The molecule has 0 radical (unpaired) electrons. The second-order valence-corrected chi connectivity index (χ2v) is 20.4. The number of ketones is 2. The van der Waals surface area contributed by atoms with E-state index in [0.29, 0.717) is 15.1 Å². The van der Waals surface area contributed by atoms with Gasteiger partial charge in [-0.1, -0.05) is 95.6 Å². The highest BCUT2D eigenvalue weighted by molar-refractivity contribution is 7.90. The molecule has 0 spiro atoms. The van der Waals surface area contributed by atoms with Crippen LogP contribution in [0.4, 0.5) is 0 Å². The number of carbonyl (C=O) groups excluding carboxylic acids is 2. The minimum absolute atomic E-state index is 0.165. The molecule has 0 atom stereocenters. The highest BCUT2D eigenvalue weighted by Gasteiger charge is 2.37. The molecule has 0 amide bonds. The van der Waals surface area contributed by atoms with Gasteiger partial charge in [-0.25, -0.2) is 12.4 Å². The van der Waals surface area contributed by atoms with E-state index in [4.69, 9.17) is 46.4 Å². The van der Waals surface area contributed by atoms with E-state index in [0.717, 1.165) is 10.1 Å². The first-order valence-electron chi connectivity index (χ1n) is 15.1. The quantitative estimate of drug-likeness (QED) is 0.0965. The number of rotatable bonds is 7. The molecule has 0 aliphatic carbocycles. The van der Waals surface area contributed by atoms with E-state index in [9.17, 15) is 28.2 Å². The van der Waals surface area contributed by atoms with Crippen molar-refractivity contribution in [1.82, 2.24) is 8.54 Å². The first kappa shape index (κ1) is 37.9. The van der Waals surface area contributed by atoms with Crippen molar-refractivity contribution in [2.24, 2.45) is 0 Å². The average molecular weight is 799 g/mol. The lowest BCUT2D eigenvalue weighted by molar-refractivity contribution is 0.101. The van der Waals surface area contributed by atoms with Crippen LogP contribution in [0.15, 0.2) is 71.6 Å². The Morgan fingerprint density at radius 3 is 1.84 bits per heavy atom. The molecule has 14 heteroatoms. The Hall–Kier alpha value is -4.39. The van der Waals surface area contributed by atoms with Crippen molar-refractivity contribution >= 4 is 76.1 Å². The van der Waals surface area contributed by atoms with Gasteiger partial charge in [0.05, 0.1) is 32.4 Å². The van der Waals surface area contributed by atoms with Crippen molar-refractivity contribution in [2.45, 2.75) is 38.4 Å². The van der Waals surface area contributed by atoms with Crippen LogP contribution in [0.1, 0.15) is 55.7 Å². The van der Waals surface area contributed by atoms with E-state index in [1.165, 1.54) is 48.5 Å². The predicted molar refractivity (Wildman–Crippen MR) is 203 cm³/mol. The minimum atomic E-state index is -4.68. The Bertz CT molecular complexity index is 2510. The summed E-state index contributed by atoms with van der Waals surface area (Å²) in [6.45, 7) is 9.55. The van der Waals surface area contributed by atoms with Gasteiger partial charge in [0, 0.05) is 11.1 Å². The number of hydrogen-bond acceptors (Lipinski definition) is 6. The van der Waals surface area contributed by atoms with Crippen molar-refractivity contribution < 1.29 is 28.2 Å². The molecule has 0 saturated carbocycles. The number of aromatic hydroxyl groups is 2. The van der Waals surface area contributed by atoms with Crippen LogP contribution in [0, 0.1) is 30.2 Å². The molecule has 5 aromatic rings. The number of halogens is 4. The number of carbonyl (C=O) groups is 2. The van der Waals surface area contributed by atoms with Crippen LogP contribution >= 0.6 is 46.4 Å². The summed E-state index contributed by atoms with van der Waals surface area (Å²) in [4.78, 5) is 28.4. The number of benzene rings is 3. The molecule has 0 saturated heterocycles. The summed E-state index contributed by atoms with van der Waals surface area (Å²) in [6.07, 6.45) is 0. The molecule has 0 fully saturated rings. The number of nitrogens with zero attached hydrogens (tertiary/aromatic N) is 2. The van der Waals surface area contributed by atoms with Crippen LogP contribution in [0.2, 0.25) is 40.0 Å². The van der Waals surface area contributed by atoms with Crippen LogP contribution in [0.3, 0.4) is 0 Å². The Kier molecular flexibility index (Phi) is 10.6. The number of aromatic nitrogens is 2. The first-order valence-corrected chi connectivity index (χ1v) is 21.5. The standard InChI is InChI=1S/C37H28Cl4N2O6SSi/c1-6-7-22-10-15-26(30(45)18-22)35(47)33-32(31(39)37(41)43(33)50(48,49)24-12-8-21(2)9-13-24)42-28(20-27(38)36(42)40)34(46)25-14-11-23(19-29(25)44)16-17-51(3,4)5/h8-15,18-20,44-45H,1-5H3. The van der Waals surface area contributed by atoms with Gasteiger partial charge in [-0.05, 0) is 68.4 Å². The zero-order chi connectivity index (χ0) is 37.6. The number of phenolic OH excluding ortho intramolecular Hbond substituents is 2. The fraction of sp³-hybridized carbons (Fsp3) is 0.135. The van der Waals surface area contributed by atoms with E-state index < -0.39 is 62.7 Å². The molecule has 0 unspecified atom stereocenters. The minimum Gasteiger partial charge on any atom is -0.507 e. The Labute approximate surface area is 316 Å². The SMILES string of the molecule is CC#Cc1ccc(C(=O)c2c(-n3c(C(=O)c4ccc(C#C[Si](C)(C)C)cc4O)cc(Cl)c3Cl)c(Cl)c(Cl)n2S(=O)(=O)c2ccc(C)cc2)c(O)c1. The van der Waals surface area contributed by atoms with E-state index in [1.807, 2.05) is 0 Å². The smallest absolute Gasteiger partial charge is 0.269 e. The van der Waals surface area contributed by atoms with Crippen molar-refractivity contribution in [2.75, 3.05) is 0 Å². The van der Waals surface area contributed by atoms with Gasteiger partial charge >= 0.3 is 0 Å². The molecular weight excluding hydrogens is 770 g/mol. The van der Waals surface area contributed by atoms with E-state index in [-0.39, 0.29) is 31.9 Å². The third kappa shape index (κ3) is 7.35. The summed E-state index contributed by atoms with van der Waals surface area (Å²) in [6, 6.07) is 15.2. The molecular formula is C37H28Cl4N2O6SSi. The molecule has 0 aliphatic rings. The third-order valence-electron chi connectivity index (χ3n) is 7.46. The second kappa shape index (κ2) is 14.3. The van der Waals surface area contributed by atoms with Crippen molar-refractivity contribution in [1.29, 1.82) is 0 Å². The maximum atomic E-state index is 14.5. The van der Waals surface area contributed by atoms with Gasteiger partial charge in [0.15, 0.2) is 0 Å². The molecule has 3 aromatic carbocycles. The molecule has 2 N–H and O–H groups in total. The normalized spacial score (nSPS) is 11.4. The molecule has 0 bridgehead atoms. The van der Waals surface area contributed by atoms with Gasteiger partial charge in [0.2, 0.25) is 11.6 Å². The molecule has 260 valence electrons. The summed E-state index contributed by atoms with van der Waals surface area (Å²) in [7, 11) is -6.43. The molecule has 0 aliphatic heterocycles. The summed E-state index contributed by atoms with van der Waals surface area (Å²) in [5, 5.41) is 20.3.